The lowest BCUT2D eigenvalue weighted by Gasteiger charge is -2.14. The number of allylic oxidation sites excluding steroid dienone is 1. The zero-order valence-electron chi connectivity index (χ0n) is 17.3. The van der Waals surface area contributed by atoms with Gasteiger partial charge in [0.2, 0.25) is 0 Å². The van der Waals surface area contributed by atoms with E-state index in [0.29, 0.717) is 23.7 Å². The van der Waals surface area contributed by atoms with Crippen molar-refractivity contribution < 1.29 is 9.47 Å². The molecule has 4 rings (SSSR count). The monoisotopic (exact) mass is 643 g/mol. The molecule has 0 radical (unpaired) electrons. The van der Waals surface area contributed by atoms with Gasteiger partial charge in [-0.05, 0) is 109 Å². The molecule has 0 amide bonds. The average molecular weight is 643 g/mol. The third-order valence-electron chi connectivity index (χ3n) is 5.04. The zero-order valence-corrected chi connectivity index (χ0v) is 21.6. The number of ether oxygens (including phenoxy) is 2. The highest BCUT2D eigenvalue weighted by molar-refractivity contribution is 14.1. The molecule has 0 saturated heterocycles. The van der Waals surface area contributed by atoms with E-state index in [0.717, 1.165) is 31.0 Å². The number of hydrogen-bond donors (Lipinski definition) is 0. The number of hydrogen-bond acceptors (Lipinski definition) is 3. The first-order valence-electron chi connectivity index (χ1n) is 9.93. The molecule has 0 aliphatic carbocycles. The first-order valence-corrected chi connectivity index (χ1v) is 12.1. The molecule has 5 heteroatoms. The van der Waals surface area contributed by atoms with E-state index in [-0.39, 0.29) is 0 Å². The maximum Gasteiger partial charge on any atom is 0.174 e. The van der Waals surface area contributed by atoms with Gasteiger partial charge in [-0.15, -0.1) is 0 Å². The lowest BCUT2D eigenvalue weighted by Crippen LogP contribution is -2.00. The third-order valence-corrected chi connectivity index (χ3v) is 6.56. The smallest absolute Gasteiger partial charge is 0.174 e. The Morgan fingerprint density at radius 3 is 2.41 bits per heavy atom. The molecule has 158 valence electrons. The van der Waals surface area contributed by atoms with E-state index >= 15 is 0 Å². The van der Waals surface area contributed by atoms with Crippen molar-refractivity contribution in [1.82, 2.24) is 0 Å². The second-order valence-corrected chi connectivity index (χ2v) is 9.59. The van der Waals surface area contributed by atoms with Crippen LogP contribution in [0.25, 0.3) is 22.4 Å². The lowest BCUT2D eigenvalue weighted by molar-refractivity contribution is 0.282. The molecule has 4 aromatic carbocycles. The van der Waals surface area contributed by atoms with Gasteiger partial charge in [0.15, 0.2) is 11.5 Å². The van der Waals surface area contributed by atoms with Crippen molar-refractivity contribution in [3.8, 4) is 17.6 Å². The highest BCUT2D eigenvalue weighted by Crippen LogP contribution is 2.36. The summed E-state index contributed by atoms with van der Waals surface area (Å²) in [7, 11) is 1.63. The predicted molar refractivity (Wildman–Crippen MR) is 147 cm³/mol. The Hall–Kier alpha value is -2.57. The summed E-state index contributed by atoms with van der Waals surface area (Å²) in [6.07, 6.45) is 1.89. The maximum atomic E-state index is 9.82. The SMILES string of the molecule is COc1cc(/C=C(/C#N)c2ccc3ccccc3c2)cc(I)c1OCc1ccc(I)cc1. The summed E-state index contributed by atoms with van der Waals surface area (Å²) >= 11 is 4.54. The number of nitrogens with zero attached hydrogens (tertiary/aromatic N) is 1. The molecule has 0 atom stereocenters. The van der Waals surface area contributed by atoms with E-state index < -0.39 is 0 Å². The van der Waals surface area contributed by atoms with Crippen LogP contribution in [0.1, 0.15) is 16.7 Å². The standard InChI is InChI=1S/C27H19I2NO2/c1-31-26-14-19(13-25(29)27(26)32-17-18-6-10-24(28)11-7-18)12-23(16-30)22-9-8-20-4-2-3-5-21(20)15-22/h2-15H,17H2,1H3/b23-12-. The summed E-state index contributed by atoms with van der Waals surface area (Å²) < 4.78 is 13.8. The summed E-state index contributed by atoms with van der Waals surface area (Å²) in [6.45, 7) is 0.457. The second kappa shape index (κ2) is 10.4. The van der Waals surface area contributed by atoms with Crippen molar-refractivity contribution in [2.24, 2.45) is 0 Å². The van der Waals surface area contributed by atoms with E-state index in [9.17, 15) is 5.26 Å². The molecular formula is C27H19I2NO2. The molecule has 0 N–H and O–H groups in total. The van der Waals surface area contributed by atoms with Crippen LogP contribution in [-0.2, 0) is 6.61 Å². The van der Waals surface area contributed by atoms with Crippen molar-refractivity contribution in [1.29, 1.82) is 5.26 Å². The van der Waals surface area contributed by atoms with Crippen molar-refractivity contribution >= 4 is 67.6 Å². The third kappa shape index (κ3) is 5.25. The van der Waals surface area contributed by atoms with Crippen molar-refractivity contribution in [2.75, 3.05) is 7.11 Å². The van der Waals surface area contributed by atoms with E-state index in [1.807, 2.05) is 48.5 Å². The fourth-order valence-electron chi connectivity index (χ4n) is 3.40. The number of methoxy groups -OCH3 is 1. The quantitative estimate of drug-likeness (QED) is 0.123. The number of fused-ring (bicyclic) bond motifs is 1. The van der Waals surface area contributed by atoms with Gasteiger partial charge in [-0.25, -0.2) is 0 Å². The van der Waals surface area contributed by atoms with Gasteiger partial charge in [-0.2, -0.15) is 5.26 Å². The van der Waals surface area contributed by atoms with Gasteiger partial charge in [-0.1, -0.05) is 48.5 Å². The maximum absolute atomic E-state index is 9.82. The Balaban J connectivity index is 1.63. The van der Waals surface area contributed by atoms with Crippen LogP contribution in [-0.4, -0.2) is 7.11 Å². The van der Waals surface area contributed by atoms with Gasteiger partial charge >= 0.3 is 0 Å². The average Bonchev–Trinajstić information content (AvgIpc) is 2.82. The minimum atomic E-state index is 0.457. The molecule has 0 aliphatic rings. The van der Waals surface area contributed by atoms with E-state index in [1.54, 1.807) is 7.11 Å². The Kier molecular flexibility index (Phi) is 7.33. The lowest BCUT2D eigenvalue weighted by atomic mass is 10.00. The molecule has 0 unspecified atom stereocenters. The van der Waals surface area contributed by atoms with E-state index in [4.69, 9.17) is 9.47 Å². The molecule has 0 aliphatic heterocycles. The van der Waals surface area contributed by atoms with Gasteiger partial charge < -0.3 is 9.47 Å². The summed E-state index contributed by atoms with van der Waals surface area (Å²) in [6, 6.07) is 28.7. The molecule has 0 spiro atoms. The minimum Gasteiger partial charge on any atom is -0.493 e. The number of rotatable bonds is 6. The van der Waals surface area contributed by atoms with Crippen LogP contribution < -0.4 is 9.47 Å². The summed E-state index contributed by atoms with van der Waals surface area (Å²) in [5, 5.41) is 12.1. The van der Waals surface area contributed by atoms with Crippen molar-refractivity contribution in [2.45, 2.75) is 6.61 Å². The highest BCUT2D eigenvalue weighted by Gasteiger charge is 2.12. The second-order valence-electron chi connectivity index (χ2n) is 7.18. The van der Waals surface area contributed by atoms with Crippen LogP contribution in [0.15, 0.2) is 78.9 Å². The Morgan fingerprint density at radius 1 is 0.938 bits per heavy atom. The van der Waals surface area contributed by atoms with Gasteiger partial charge in [0.25, 0.3) is 0 Å². The normalized spacial score (nSPS) is 11.2. The van der Waals surface area contributed by atoms with Crippen LogP contribution in [0.5, 0.6) is 11.5 Å². The molecule has 3 nitrogen and oxygen atoms in total. The predicted octanol–water partition coefficient (Wildman–Crippen LogP) is 7.70. The van der Waals surface area contributed by atoms with Crippen LogP contribution in [0.2, 0.25) is 0 Å². The van der Waals surface area contributed by atoms with Gasteiger partial charge in [0.1, 0.15) is 6.61 Å². The summed E-state index contributed by atoms with van der Waals surface area (Å²) in [5.41, 5.74) is 3.47. The fourth-order valence-corrected chi connectivity index (χ4v) is 4.54. The van der Waals surface area contributed by atoms with Crippen molar-refractivity contribution in [3.63, 3.8) is 0 Å². The molecular weight excluding hydrogens is 624 g/mol. The summed E-state index contributed by atoms with van der Waals surface area (Å²) in [4.78, 5) is 0. The topological polar surface area (TPSA) is 42.2 Å². The molecule has 0 heterocycles. The zero-order chi connectivity index (χ0) is 22.5. The summed E-state index contributed by atoms with van der Waals surface area (Å²) in [5.74, 6) is 1.34. The highest BCUT2D eigenvalue weighted by atomic mass is 127. The van der Waals surface area contributed by atoms with Crippen LogP contribution >= 0.6 is 45.2 Å². The number of halogens is 2. The Morgan fingerprint density at radius 2 is 1.69 bits per heavy atom. The van der Waals surface area contributed by atoms with Crippen LogP contribution in [0.3, 0.4) is 0 Å². The van der Waals surface area contributed by atoms with Crippen molar-refractivity contribution in [3.05, 3.63) is 103 Å². The fraction of sp³-hybridized carbons (Fsp3) is 0.0741. The largest absolute Gasteiger partial charge is 0.493 e. The number of benzene rings is 4. The van der Waals surface area contributed by atoms with Gasteiger partial charge in [0, 0.05) is 3.57 Å². The Labute approximate surface area is 215 Å². The molecule has 4 aromatic rings. The van der Waals surface area contributed by atoms with Gasteiger partial charge in [0.05, 0.1) is 22.3 Å². The Bertz CT molecular complexity index is 1340. The van der Waals surface area contributed by atoms with E-state index in [1.165, 1.54) is 3.57 Å². The number of nitriles is 1. The van der Waals surface area contributed by atoms with Crippen LogP contribution in [0.4, 0.5) is 0 Å². The van der Waals surface area contributed by atoms with Crippen LogP contribution in [0, 0.1) is 18.5 Å². The minimum absolute atomic E-state index is 0.457. The molecule has 0 fully saturated rings. The molecule has 32 heavy (non-hydrogen) atoms. The first-order chi connectivity index (χ1) is 15.6. The first kappa shape index (κ1) is 22.6. The van der Waals surface area contributed by atoms with E-state index in [2.05, 4.69) is 87.6 Å². The molecule has 0 aromatic heterocycles. The molecule has 0 bridgehead atoms. The van der Waals surface area contributed by atoms with Gasteiger partial charge in [-0.3, -0.25) is 0 Å². The molecule has 0 saturated carbocycles.